The van der Waals surface area contributed by atoms with Crippen LogP contribution in [0.3, 0.4) is 0 Å². The first-order valence-electron chi connectivity index (χ1n) is 2.79. The molecule has 0 aliphatic heterocycles. The third-order valence-corrected chi connectivity index (χ3v) is 1.13. The third-order valence-electron chi connectivity index (χ3n) is 1.13. The summed E-state index contributed by atoms with van der Waals surface area (Å²) in [6.45, 7) is 0. The number of halogens is 1. The van der Waals surface area contributed by atoms with Gasteiger partial charge in [-0.1, -0.05) is 0 Å². The number of carbonyl (C=O) groups is 1. The molecule has 1 aromatic rings. The fourth-order valence-corrected chi connectivity index (χ4v) is 0.640. The summed E-state index contributed by atoms with van der Waals surface area (Å²) in [7, 11) is 0. The Morgan fingerprint density at radius 2 is 2.27 bits per heavy atom. The Kier molecular flexibility index (Phi) is 1.72. The number of hydrogen-bond donors (Lipinski definition) is 2. The zero-order valence-corrected chi connectivity index (χ0v) is 5.43. The van der Waals surface area contributed by atoms with Crippen LogP contribution >= 0.6 is 0 Å². The van der Waals surface area contributed by atoms with Gasteiger partial charge in [-0.15, -0.1) is 0 Å². The second-order valence-electron chi connectivity index (χ2n) is 1.92. The minimum Gasteiger partial charge on any atom is -0.365 e. The summed E-state index contributed by atoms with van der Waals surface area (Å²) >= 11 is 0. The molecule has 0 radical (unpaired) electrons. The predicted molar refractivity (Wildman–Crippen MR) is 35.5 cm³/mol. The molecule has 0 saturated heterocycles. The van der Waals surface area contributed by atoms with E-state index < -0.39 is 17.3 Å². The number of amides is 1. The Hall–Kier alpha value is -1.65. The standard InChI is InChI=1S/C6H5FN2O2/c7-3-1-4(5(8)10)6(11)9-2-3/h1-2H,(H2,8,10)(H,9,11). The van der Waals surface area contributed by atoms with E-state index in [9.17, 15) is 14.0 Å². The van der Waals surface area contributed by atoms with Gasteiger partial charge in [0.05, 0.1) is 0 Å². The van der Waals surface area contributed by atoms with Crippen LogP contribution in [0.1, 0.15) is 10.4 Å². The second kappa shape index (κ2) is 2.53. The highest BCUT2D eigenvalue weighted by molar-refractivity contribution is 5.92. The molecule has 0 aliphatic rings. The van der Waals surface area contributed by atoms with Gasteiger partial charge in [0.2, 0.25) is 0 Å². The number of carbonyl (C=O) groups excluding carboxylic acids is 1. The maximum absolute atomic E-state index is 12.3. The maximum atomic E-state index is 12.3. The predicted octanol–water partition coefficient (Wildman–Crippen LogP) is -0.387. The van der Waals surface area contributed by atoms with Crippen LogP contribution in [0.25, 0.3) is 0 Å². The van der Waals surface area contributed by atoms with Crippen molar-refractivity contribution in [1.29, 1.82) is 0 Å². The highest BCUT2D eigenvalue weighted by Crippen LogP contribution is 1.93. The number of nitrogens with two attached hydrogens (primary N) is 1. The molecular formula is C6H5FN2O2. The Morgan fingerprint density at radius 1 is 1.64 bits per heavy atom. The molecule has 0 bridgehead atoms. The second-order valence-corrected chi connectivity index (χ2v) is 1.92. The normalized spacial score (nSPS) is 9.55. The van der Waals surface area contributed by atoms with Crippen molar-refractivity contribution in [2.75, 3.05) is 0 Å². The minimum atomic E-state index is -0.939. The van der Waals surface area contributed by atoms with E-state index in [1.807, 2.05) is 4.98 Å². The molecule has 0 atom stereocenters. The number of primary amides is 1. The van der Waals surface area contributed by atoms with Gasteiger partial charge in [-0.25, -0.2) is 4.39 Å². The molecule has 5 heteroatoms. The Bertz CT molecular complexity index is 345. The average molecular weight is 156 g/mol. The lowest BCUT2D eigenvalue weighted by Crippen LogP contribution is -2.23. The number of aromatic nitrogens is 1. The number of nitrogens with one attached hydrogen (secondary N) is 1. The van der Waals surface area contributed by atoms with Gasteiger partial charge in [0.1, 0.15) is 11.4 Å². The highest BCUT2D eigenvalue weighted by atomic mass is 19.1. The van der Waals surface area contributed by atoms with Crippen molar-refractivity contribution >= 4 is 5.91 Å². The lowest BCUT2D eigenvalue weighted by molar-refractivity contribution is 0.0998. The van der Waals surface area contributed by atoms with Crippen molar-refractivity contribution < 1.29 is 9.18 Å². The largest absolute Gasteiger partial charge is 0.365 e. The summed E-state index contributed by atoms with van der Waals surface area (Å²) in [6, 6.07) is 0.793. The molecule has 1 heterocycles. The van der Waals surface area contributed by atoms with Crippen molar-refractivity contribution in [3.8, 4) is 0 Å². The number of pyridine rings is 1. The molecule has 3 N–H and O–H groups in total. The quantitative estimate of drug-likeness (QED) is 0.581. The summed E-state index contributed by atoms with van der Waals surface area (Å²) in [4.78, 5) is 23.1. The first-order valence-corrected chi connectivity index (χ1v) is 2.79. The zero-order valence-electron chi connectivity index (χ0n) is 5.43. The number of hydrogen-bond acceptors (Lipinski definition) is 2. The number of aromatic amines is 1. The summed E-state index contributed by atoms with van der Waals surface area (Å²) in [5, 5.41) is 0. The summed E-state index contributed by atoms with van der Waals surface area (Å²) in [5.74, 6) is -1.64. The van der Waals surface area contributed by atoms with Crippen LogP contribution in [0.15, 0.2) is 17.1 Å². The van der Waals surface area contributed by atoms with E-state index in [-0.39, 0.29) is 5.56 Å². The van der Waals surface area contributed by atoms with Gasteiger partial charge >= 0.3 is 0 Å². The summed E-state index contributed by atoms with van der Waals surface area (Å²) in [6.07, 6.45) is 0.856. The molecule has 0 aromatic carbocycles. The van der Waals surface area contributed by atoms with E-state index >= 15 is 0 Å². The Labute approximate surface area is 60.8 Å². The lowest BCUT2D eigenvalue weighted by atomic mass is 10.3. The summed E-state index contributed by atoms with van der Waals surface area (Å²) in [5.41, 5.74) is 3.71. The van der Waals surface area contributed by atoms with Crippen LogP contribution in [-0.4, -0.2) is 10.9 Å². The number of rotatable bonds is 1. The van der Waals surface area contributed by atoms with Gasteiger partial charge < -0.3 is 10.7 Å². The molecule has 58 valence electrons. The molecule has 1 aromatic heterocycles. The van der Waals surface area contributed by atoms with Gasteiger partial charge in [-0.3, -0.25) is 9.59 Å². The zero-order chi connectivity index (χ0) is 8.43. The van der Waals surface area contributed by atoms with Gasteiger partial charge in [-0.2, -0.15) is 0 Å². The van der Waals surface area contributed by atoms with E-state index in [4.69, 9.17) is 5.73 Å². The molecule has 0 aliphatic carbocycles. The highest BCUT2D eigenvalue weighted by Gasteiger charge is 2.06. The van der Waals surface area contributed by atoms with E-state index in [2.05, 4.69) is 0 Å². The van der Waals surface area contributed by atoms with Crippen LogP contribution in [-0.2, 0) is 0 Å². The molecular weight excluding hydrogens is 151 g/mol. The molecule has 0 spiro atoms. The van der Waals surface area contributed by atoms with Crippen molar-refractivity contribution in [2.24, 2.45) is 5.73 Å². The number of H-pyrrole nitrogens is 1. The van der Waals surface area contributed by atoms with Gasteiger partial charge in [0.15, 0.2) is 0 Å². The average Bonchev–Trinajstić information content (AvgIpc) is 1.94. The topological polar surface area (TPSA) is 76.0 Å². The van der Waals surface area contributed by atoms with Gasteiger partial charge in [0, 0.05) is 6.20 Å². The van der Waals surface area contributed by atoms with Crippen LogP contribution in [0.2, 0.25) is 0 Å². The summed E-state index contributed by atoms with van der Waals surface area (Å²) < 4.78 is 12.3. The molecule has 4 nitrogen and oxygen atoms in total. The van der Waals surface area contributed by atoms with Crippen LogP contribution in [0, 0.1) is 5.82 Å². The third kappa shape index (κ3) is 1.43. The molecule has 11 heavy (non-hydrogen) atoms. The molecule has 1 rings (SSSR count). The molecule has 1 amide bonds. The fraction of sp³-hybridized carbons (Fsp3) is 0. The molecule has 0 unspecified atom stereocenters. The van der Waals surface area contributed by atoms with Gasteiger partial charge in [0.25, 0.3) is 11.5 Å². The van der Waals surface area contributed by atoms with Crippen molar-refractivity contribution in [3.63, 3.8) is 0 Å². The Morgan fingerprint density at radius 3 is 2.73 bits per heavy atom. The first-order chi connectivity index (χ1) is 5.11. The fourth-order valence-electron chi connectivity index (χ4n) is 0.640. The monoisotopic (exact) mass is 156 g/mol. The van der Waals surface area contributed by atoms with E-state index in [0.717, 1.165) is 12.3 Å². The van der Waals surface area contributed by atoms with Crippen LogP contribution in [0.4, 0.5) is 4.39 Å². The van der Waals surface area contributed by atoms with Gasteiger partial charge in [-0.05, 0) is 6.07 Å². The SMILES string of the molecule is NC(=O)c1cc(F)c[nH]c1=O. The van der Waals surface area contributed by atoms with E-state index in [0.29, 0.717) is 0 Å². The smallest absolute Gasteiger partial charge is 0.260 e. The molecule has 0 saturated carbocycles. The lowest BCUT2D eigenvalue weighted by Gasteiger charge is -1.92. The molecule has 0 fully saturated rings. The van der Waals surface area contributed by atoms with Crippen molar-refractivity contribution in [1.82, 2.24) is 4.98 Å². The maximum Gasteiger partial charge on any atom is 0.260 e. The van der Waals surface area contributed by atoms with Crippen molar-refractivity contribution in [2.45, 2.75) is 0 Å². The van der Waals surface area contributed by atoms with Crippen LogP contribution < -0.4 is 11.3 Å². The minimum absolute atomic E-state index is 0.370. The Balaban J connectivity index is 3.35. The van der Waals surface area contributed by atoms with Crippen LogP contribution in [0.5, 0.6) is 0 Å². The van der Waals surface area contributed by atoms with E-state index in [1.165, 1.54) is 0 Å². The first kappa shape index (κ1) is 7.46. The van der Waals surface area contributed by atoms with Crippen molar-refractivity contribution in [3.05, 3.63) is 34.0 Å². The van der Waals surface area contributed by atoms with E-state index in [1.54, 1.807) is 0 Å².